The fraction of sp³-hybridized carbons (Fsp3) is 0.556. The average Bonchev–Trinajstić information content (AvgIpc) is 2.85. The second kappa shape index (κ2) is 4.67. The van der Waals surface area contributed by atoms with Crippen molar-refractivity contribution < 1.29 is 0 Å². The smallest absolute Gasteiger partial charge is 0.149 e. The predicted octanol–water partition coefficient (Wildman–Crippen LogP) is 1.57. The zero-order chi connectivity index (χ0) is 10.7. The van der Waals surface area contributed by atoms with Gasteiger partial charge in [0.05, 0.1) is 0 Å². The third kappa shape index (κ3) is 2.32. The number of thioether (sulfide) groups is 1. The highest BCUT2D eigenvalue weighted by molar-refractivity contribution is 7.98. The Bertz CT molecular complexity index is 348. The summed E-state index contributed by atoms with van der Waals surface area (Å²) in [5.74, 6) is 1.34. The van der Waals surface area contributed by atoms with Gasteiger partial charge in [0.25, 0.3) is 0 Å². The third-order valence-electron chi connectivity index (χ3n) is 2.43. The first-order chi connectivity index (χ1) is 7.31. The first kappa shape index (κ1) is 10.5. The molecule has 0 fully saturated rings. The van der Waals surface area contributed by atoms with Gasteiger partial charge in [-0.2, -0.15) is 17.2 Å². The molecule has 0 aromatic carbocycles. The zero-order valence-corrected chi connectivity index (χ0v) is 9.64. The molecule has 5 nitrogen and oxygen atoms in total. The first-order valence-corrected chi connectivity index (χ1v) is 6.25. The molecule has 2 unspecified atom stereocenters. The van der Waals surface area contributed by atoms with Crippen molar-refractivity contribution in [3.05, 3.63) is 23.5 Å². The highest BCUT2D eigenvalue weighted by Gasteiger charge is 2.25. The summed E-state index contributed by atoms with van der Waals surface area (Å²) in [5.41, 5.74) is 8.10. The topological polar surface area (TPSA) is 64.6 Å². The molecule has 0 saturated carbocycles. The Balaban J connectivity index is 2.15. The van der Waals surface area contributed by atoms with Crippen LogP contribution in [0.15, 0.2) is 22.5 Å². The first-order valence-electron chi connectivity index (χ1n) is 4.86. The van der Waals surface area contributed by atoms with E-state index in [1.807, 2.05) is 11.8 Å². The van der Waals surface area contributed by atoms with Crippen LogP contribution in [0.25, 0.3) is 0 Å². The summed E-state index contributed by atoms with van der Waals surface area (Å²) < 4.78 is 0. The van der Waals surface area contributed by atoms with Gasteiger partial charge in [-0.3, -0.25) is 0 Å². The largest absolute Gasteiger partial charge is 0.362 e. The lowest BCUT2D eigenvalue weighted by molar-refractivity contribution is 0.471. The number of hydrazine groups is 1. The van der Waals surface area contributed by atoms with Gasteiger partial charge in [-0.25, -0.2) is 5.53 Å². The normalized spacial score (nSPS) is 21.6. The molecule has 1 aromatic rings. The van der Waals surface area contributed by atoms with Crippen molar-refractivity contribution in [2.75, 3.05) is 12.0 Å². The number of H-pyrrole nitrogens is 1. The maximum Gasteiger partial charge on any atom is 0.149 e. The van der Waals surface area contributed by atoms with E-state index in [0.717, 1.165) is 5.75 Å². The highest BCUT2D eigenvalue weighted by atomic mass is 32.2. The molecule has 82 valence electrons. The van der Waals surface area contributed by atoms with E-state index in [1.54, 1.807) is 0 Å². The second-order valence-electron chi connectivity index (χ2n) is 3.57. The number of aryl methyl sites for hydroxylation is 1. The number of hydrogen-bond donors (Lipinski definition) is 3. The van der Waals surface area contributed by atoms with Crippen molar-refractivity contribution in [2.24, 2.45) is 10.3 Å². The summed E-state index contributed by atoms with van der Waals surface area (Å²) in [6.07, 6.45) is 2.12. The van der Waals surface area contributed by atoms with Gasteiger partial charge in [0.15, 0.2) is 0 Å². The van der Waals surface area contributed by atoms with E-state index >= 15 is 0 Å². The van der Waals surface area contributed by atoms with E-state index in [2.05, 4.69) is 51.6 Å². The van der Waals surface area contributed by atoms with Crippen LogP contribution in [-0.4, -0.2) is 23.2 Å². The van der Waals surface area contributed by atoms with Gasteiger partial charge < -0.3 is 4.98 Å². The summed E-state index contributed by atoms with van der Waals surface area (Å²) in [5, 5.41) is 7.85. The summed E-state index contributed by atoms with van der Waals surface area (Å²) in [6.45, 7) is 2.06. The number of hydrogen-bond acceptors (Lipinski definition) is 5. The van der Waals surface area contributed by atoms with E-state index in [0.29, 0.717) is 5.92 Å². The van der Waals surface area contributed by atoms with Crippen LogP contribution in [0.2, 0.25) is 0 Å². The van der Waals surface area contributed by atoms with E-state index in [9.17, 15) is 0 Å². The maximum atomic E-state index is 4.11. The van der Waals surface area contributed by atoms with Crippen molar-refractivity contribution in [2.45, 2.75) is 19.0 Å². The van der Waals surface area contributed by atoms with Gasteiger partial charge >= 0.3 is 0 Å². The summed E-state index contributed by atoms with van der Waals surface area (Å²) in [4.78, 5) is 3.36. The van der Waals surface area contributed by atoms with E-state index in [4.69, 9.17) is 0 Å². The number of nitrogens with zero attached hydrogens (tertiary/aromatic N) is 2. The molecule has 0 amide bonds. The monoisotopic (exact) mass is 225 g/mol. The quantitative estimate of drug-likeness (QED) is 0.728. The molecule has 0 spiro atoms. The minimum atomic E-state index is 0.0236. The Hall–Kier alpha value is -1.01. The van der Waals surface area contributed by atoms with Crippen LogP contribution in [0.4, 0.5) is 0 Å². The number of aromatic amines is 1. The van der Waals surface area contributed by atoms with Crippen LogP contribution in [0.3, 0.4) is 0 Å². The molecule has 0 aliphatic carbocycles. The van der Waals surface area contributed by atoms with Crippen molar-refractivity contribution in [1.29, 1.82) is 0 Å². The van der Waals surface area contributed by atoms with Crippen molar-refractivity contribution in [1.82, 2.24) is 15.9 Å². The lowest BCUT2D eigenvalue weighted by atomic mass is 10.1. The maximum absolute atomic E-state index is 4.11. The van der Waals surface area contributed by atoms with E-state index in [-0.39, 0.29) is 6.17 Å². The molecule has 0 radical (unpaired) electrons. The molecule has 6 heteroatoms. The molecule has 1 aromatic heterocycles. The van der Waals surface area contributed by atoms with Crippen molar-refractivity contribution in [3.63, 3.8) is 0 Å². The summed E-state index contributed by atoms with van der Waals surface area (Å²) in [6, 6.07) is 4.20. The molecule has 2 heterocycles. The lowest BCUT2D eigenvalue weighted by Crippen LogP contribution is -2.36. The van der Waals surface area contributed by atoms with Crippen LogP contribution in [0.5, 0.6) is 0 Å². The van der Waals surface area contributed by atoms with Crippen LogP contribution < -0.4 is 11.0 Å². The van der Waals surface area contributed by atoms with Crippen LogP contribution in [0.1, 0.15) is 17.3 Å². The zero-order valence-electron chi connectivity index (χ0n) is 8.82. The average molecular weight is 225 g/mol. The SMILES string of the molecule is CSCC(c1ccc(C)[nH]1)C1N=NNN1. The Morgan fingerprint density at radius 2 is 2.40 bits per heavy atom. The molecule has 2 rings (SSSR count). The van der Waals surface area contributed by atoms with Gasteiger partial charge in [0.1, 0.15) is 6.17 Å². The fourth-order valence-corrected chi connectivity index (χ4v) is 2.39. The molecule has 0 saturated heterocycles. The Labute approximate surface area is 93.1 Å². The van der Waals surface area contributed by atoms with Crippen molar-refractivity contribution >= 4 is 11.8 Å². The molecule has 15 heavy (non-hydrogen) atoms. The minimum absolute atomic E-state index is 0.0236. The minimum Gasteiger partial charge on any atom is -0.362 e. The van der Waals surface area contributed by atoms with Gasteiger partial charge in [-0.1, -0.05) is 5.22 Å². The number of nitrogens with one attached hydrogen (secondary N) is 3. The summed E-state index contributed by atoms with van der Waals surface area (Å²) in [7, 11) is 0. The Kier molecular flexibility index (Phi) is 3.27. The van der Waals surface area contributed by atoms with Gasteiger partial charge in [-0.05, 0) is 25.3 Å². The van der Waals surface area contributed by atoms with Gasteiger partial charge in [0, 0.05) is 23.1 Å². The standard InChI is InChI=1S/C9H15N5S/c1-6-3-4-8(10-6)7(5-15-2)9-11-13-14-12-9/h3-4,7,9-10H,5H2,1-2H3,(H,11,14)(H,12,13). The summed E-state index contributed by atoms with van der Waals surface area (Å²) >= 11 is 1.81. The highest BCUT2D eigenvalue weighted by Crippen LogP contribution is 2.24. The lowest BCUT2D eigenvalue weighted by Gasteiger charge is -2.18. The second-order valence-corrected chi connectivity index (χ2v) is 4.49. The third-order valence-corrected chi connectivity index (χ3v) is 3.12. The van der Waals surface area contributed by atoms with Gasteiger partial charge in [-0.15, -0.1) is 5.11 Å². The van der Waals surface area contributed by atoms with Crippen LogP contribution >= 0.6 is 11.8 Å². The fourth-order valence-electron chi connectivity index (χ4n) is 1.67. The number of rotatable bonds is 4. The molecular formula is C9H15N5S. The molecule has 1 aliphatic rings. The molecule has 3 N–H and O–H groups in total. The molecular weight excluding hydrogens is 210 g/mol. The van der Waals surface area contributed by atoms with Gasteiger partial charge in [0.2, 0.25) is 0 Å². The Morgan fingerprint density at radius 1 is 1.53 bits per heavy atom. The number of aromatic nitrogens is 1. The molecule has 1 aliphatic heterocycles. The molecule has 2 atom stereocenters. The van der Waals surface area contributed by atoms with Crippen LogP contribution in [-0.2, 0) is 0 Å². The van der Waals surface area contributed by atoms with E-state index in [1.165, 1.54) is 11.4 Å². The predicted molar refractivity (Wildman–Crippen MR) is 61.6 cm³/mol. The molecule has 0 bridgehead atoms. The van der Waals surface area contributed by atoms with Crippen molar-refractivity contribution in [3.8, 4) is 0 Å². The van der Waals surface area contributed by atoms with E-state index < -0.39 is 0 Å². The van der Waals surface area contributed by atoms with Crippen LogP contribution in [0, 0.1) is 6.92 Å². The Morgan fingerprint density at radius 3 is 2.93 bits per heavy atom.